The van der Waals surface area contributed by atoms with Gasteiger partial charge in [-0.3, -0.25) is 9.78 Å². The maximum atomic E-state index is 12.8. The Morgan fingerprint density at radius 3 is 3.03 bits per heavy atom. The van der Waals surface area contributed by atoms with Crippen LogP contribution in [0.3, 0.4) is 0 Å². The van der Waals surface area contributed by atoms with E-state index in [0.717, 1.165) is 22.5 Å². The van der Waals surface area contributed by atoms with E-state index >= 15 is 0 Å². The van der Waals surface area contributed by atoms with Crippen molar-refractivity contribution >= 4 is 46.5 Å². The molecular formula is C26H30ClN5O5S. The third-order valence-electron chi connectivity index (χ3n) is 6.33. The van der Waals surface area contributed by atoms with E-state index in [0.29, 0.717) is 60.4 Å². The summed E-state index contributed by atoms with van der Waals surface area (Å²) >= 11 is 12.0. The lowest BCUT2D eigenvalue weighted by Gasteiger charge is -2.31. The fraction of sp³-hybridized carbons (Fsp3) is 0.385. The van der Waals surface area contributed by atoms with Crippen LogP contribution >= 0.6 is 23.8 Å². The lowest BCUT2D eigenvalue weighted by atomic mass is 10.0. The molecule has 202 valence electrons. The van der Waals surface area contributed by atoms with Crippen molar-refractivity contribution in [3.63, 3.8) is 0 Å². The molecule has 1 saturated heterocycles. The number of halogens is 1. The Morgan fingerprint density at radius 1 is 1.39 bits per heavy atom. The first-order valence-corrected chi connectivity index (χ1v) is 13.1. The summed E-state index contributed by atoms with van der Waals surface area (Å²) in [4.78, 5) is 29.9. The van der Waals surface area contributed by atoms with Gasteiger partial charge in [0.15, 0.2) is 0 Å². The maximum Gasteiger partial charge on any atom is 0.407 e. The van der Waals surface area contributed by atoms with E-state index < -0.39 is 6.09 Å². The van der Waals surface area contributed by atoms with E-state index in [-0.39, 0.29) is 25.2 Å². The van der Waals surface area contributed by atoms with Crippen LogP contribution in [0.5, 0.6) is 5.75 Å². The molecular weight excluding hydrogens is 530 g/mol. The SMILES string of the molecule is CCc1c(Cl)cccc1NC(=S)C1=C(NCc2ccncc2OC[C@@H]2CN(C(=O)O)CCO2)CCNC1=O. The second-order valence-corrected chi connectivity index (χ2v) is 9.62. The third-order valence-corrected chi connectivity index (χ3v) is 6.99. The van der Waals surface area contributed by atoms with Crippen LogP contribution in [0.15, 0.2) is 47.9 Å². The van der Waals surface area contributed by atoms with E-state index in [4.69, 9.17) is 33.3 Å². The Bertz CT molecular complexity index is 1240. The molecule has 38 heavy (non-hydrogen) atoms. The second-order valence-electron chi connectivity index (χ2n) is 8.80. The van der Waals surface area contributed by atoms with E-state index in [1.807, 2.05) is 31.2 Å². The number of benzene rings is 1. The van der Waals surface area contributed by atoms with Gasteiger partial charge in [0.05, 0.1) is 24.9 Å². The number of carboxylic acid groups (broad SMARTS) is 1. The lowest BCUT2D eigenvalue weighted by molar-refractivity contribution is -0.117. The van der Waals surface area contributed by atoms with Gasteiger partial charge < -0.3 is 35.4 Å². The number of pyridine rings is 1. The number of aromatic nitrogens is 1. The molecule has 2 aromatic rings. The minimum atomic E-state index is -0.973. The molecule has 1 atom stereocenters. The van der Waals surface area contributed by atoms with Gasteiger partial charge in [0.2, 0.25) is 0 Å². The Labute approximate surface area is 231 Å². The summed E-state index contributed by atoms with van der Waals surface area (Å²) in [5, 5.41) is 19.3. The summed E-state index contributed by atoms with van der Waals surface area (Å²) in [5.41, 5.74) is 3.63. The number of amides is 2. The van der Waals surface area contributed by atoms with Crippen LogP contribution in [0.4, 0.5) is 10.5 Å². The van der Waals surface area contributed by atoms with Crippen LogP contribution in [0.25, 0.3) is 0 Å². The lowest BCUT2D eigenvalue weighted by Crippen LogP contribution is -2.47. The van der Waals surface area contributed by atoms with Gasteiger partial charge in [-0.2, -0.15) is 0 Å². The summed E-state index contributed by atoms with van der Waals surface area (Å²) < 4.78 is 11.6. The number of carbonyl (C=O) groups is 2. The highest BCUT2D eigenvalue weighted by Crippen LogP contribution is 2.26. The van der Waals surface area contributed by atoms with E-state index in [2.05, 4.69) is 20.9 Å². The molecule has 4 rings (SSSR count). The molecule has 0 spiro atoms. The number of thiocarbonyl (C=S) groups is 1. The highest BCUT2D eigenvalue weighted by atomic mass is 35.5. The molecule has 2 aliphatic heterocycles. The maximum absolute atomic E-state index is 12.8. The van der Waals surface area contributed by atoms with Gasteiger partial charge in [0.1, 0.15) is 23.4 Å². The molecule has 0 aliphatic carbocycles. The van der Waals surface area contributed by atoms with E-state index in [1.54, 1.807) is 12.4 Å². The van der Waals surface area contributed by atoms with Gasteiger partial charge in [0.25, 0.3) is 5.91 Å². The zero-order chi connectivity index (χ0) is 27.1. The molecule has 0 radical (unpaired) electrons. The summed E-state index contributed by atoms with van der Waals surface area (Å²) in [7, 11) is 0. The Morgan fingerprint density at radius 2 is 2.24 bits per heavy atom. The first kappa shape index (κ1) is 27.6. The standard InChI is InChI=1S/C26H30ClN5O5S/c1-2-18-19(27)4-3-5-20(18)31-25(38)23-21(7-9-29-24(23)33)30-12-16-6-8-28-13-22(16)37-15-17-14-32(26(34)35)10-11-36-17/h3-6,8,13,17,30H,2,7,9-12,14-15H2,1H3,(H,29,33)(H,31,38)(H,34,35)/t17-/m0/s1. The normalized spacial score (nSPS) is 17.6. The number of carbonyl (C=O) groups excluding carboxylic acids is 1. The van der Waals surface area contributed by atoms with Crippen LogP contribution in [-0.4, -0.2) is 70.9 Å². The predicted molar refractivity (Wildman–Crippen MR) is 148 cm³/mol. The van der Waals surface area contributed by atoms with Crippen molar-refractivity contribution in [3.05, 3.63) is 64.1 Å². The average Bonchev–Trinajstić information content (AvgIpc) is 2.91. The number of nitrogens with zero attached hydrogens (tertiary/aromatic N) is 2. The van der Waals surface area contributed by atoms with Crippen molar-refractivity contribution in [2.24, 2.45) is 0 Å². The van der Waals surface area contributed by atoms with Gasteiger partial charge in [-0.15, -0.1) is 0 Å². The molecule has 1 aromatic carbocycles. The minimum absolute atomic E-state index is 0.187. The zero-order valence-electron chi connectivity index (χ0n) is 21.0. The molecule has 1 aromatic heterocycles. The summed E-state index contributed by atoms with van der Waals surface area (Å²) in [6.45, 7) is 3.96. The number of hydrogen-bond donors (Lipinski definition) is 4. The molecule has 2 amide bonds. The molecule has 2 aliphatic rings. The minimum Gasteiger partial charge on any atom is -0.489 e. The fourth-order valence-corrected chi connectivity index (χ4v) is 4.99. The highest BCUT2D eigenvalue weighted by molar-refractivity contribution is 7.81. The van der Waals surface area contributed by atoms with Crippen molar-refractivity contribution < 1.29 is 24.2 Å². The van der Waals surface area contributed by atoms with Crippen molar-refractivity contribution in [1.29, 1.82) is 0 Å². The second kappa shape index (κ2) is 12.9. The summed E-state index contributed by atoms with van der Waals surface area (Å²) in [5.74, 6) is 0.297. The van der Waals surface area contributed by atoms with Crippen molar-refractivity contribution in [2.45, 2.75) is 32.4 Å². The smallest absolute Gasteiger partial charge is 0.407 e. The Kier molecular flexibility index (Phi) is 9.38. The van der Waals surface area contributed by atoms with Gasteiger partial charge >= 0.3 is 6.09 Å². The van der Waals surface area contributed by atoms with Crippen LogP contribution < -0.4 is 20.7 Å². The molecule has 3 heterocycles. The van der Waals surface area contributed by atoms with Crippen LogP contribution in [0.1, 0.15) is 24.5 Å². The van der Waals surface area contributed by atoms with Crippen LogP contribution in [0, 0.1) is 0 Å². The molecule has 0 saturated carbocycles. The average molecular weight is 560 g/mol. The van der Waals surface area contributed by atoms with Crippen LogP contribution in [0.2, 0.25) is 5.02 Å². The number of ether oxygens (including phenoxy) is 2. The van der Waals surface area contributed by atoms with Crippen molar-refractivity contribution in [2.75, 3.05) is 38.2 Å². The number of rotatable bonds is 9. The van der Waals surface area contributed by atoms with Gasteiger partial charge in [0, 0.05) is 54.2 Å². The molecule has 10 nitrogen and oxygen atoms in total. The Hall–Kier alpha value is -3.41. The third kappa shape index (κ3) is 6.72. The zero-order valence-corrected chi connectivity index (χ0v) is 22.5. The van der Waals surface area contributed by atoms with Gasteiger partial charge in [-0.05, 0) is 30.2 Å². The number of anilines is 1. The molecule has 4 N–H and O–H groups in total. The summed E-state index contributed by atoms with van der Waals surface area (Å²) in [6, 6.07) is 7.37. The van der Waals surface area contributed by atoms with E-state index in [1.165, 1.54) is 4.90 Å². The number of hydrogen-bond acceptors (Lipinski definition) is 7. The number of nitrogens with one attached hydrogen (secondary N) is 3. The highest BCUT2D eigenvalue weighted by Gasteiger charge is 2.26. The molecule has 0 unspecified atom stereocenters. The fourth-order valence-electron chi connectivity index (χ4n) is 4.35. The summed E-state index contributed by atoms with van der Waals surface area (Å²) in [6.07, 6.45) is 3.22. The van der Waals surface area contributed by atoms with Crippen LogP contribution in [-0.2, 0) is 22.5 Å². The molecule has 12 heteroatoms. The largest absolute Gasteiger partial charge is 0.489 e. The first-order valence-electron chi connectivity index (χ1n) is 12.4. The first-order chi connectivity index (χ1) is 18.4. The van der Waals surface area contributed by atoms with Gasteiger partial charge in [-0.1, -0.05) is 36.8 Å². The Balaban J connectivity index is 1.45. The van der Waals surface area contributed by atoms with E-state index in [9.17, 15) is 14.7 Å². The van der Waals surface area contributed by atoms with Gasteiger partial charge in [-0.25, -0.2) is 4.79 Å². The quantitative estimate of drug-likeness (QED) is 0.342. The molecule has 1 fully saturated rings. The monoisotopic (exact) mass is 559 g/mol. The predicted octanol–water partition coefficient (Wildman–Crippen LogP) is 3.36. The van der Waals surface area contributed by atoms with Crippen molar-refractivity contribution in [1.82, 2.24) is 20.5 Å². The molecule has 0 bridgehead atoms. The van der Waals surface area contributed by atoms with Crippen molar-refractivity contribution in [3.8, 4) is 5.75 Å². The topological polar surface area (TPSA) is 125 Å². The number of morpholine rings is 1.